The van der Waals surface area contributed by atoms with Crippen LogP contribution in [0.1, 0.15) is 54.2 Å². The molecule has 1 saturated heterocycles. The number of rotatable bonds is 9. The molecule has 0 spiro atoms. The van der Waals surface area contributed by atoms with Crippen molar-refractivity contribution in [1.29, 1.82) is 0 Å². The highest BCUT2D eigenvalue weighted by atomic mass is 19.3. The van der Waals surface area contributed by atoms with Crippen LogP contribution in [0, 0.1) is 5.92 Å². The van der Waals surface area contributed by atoms with E-state index in [0.29, 0.717) is 65.6 Å². The second kappa shape index (κ2) is 13.1. The Kier molecular flexibility index (Phi) is 8.40. The molecule has 244 valence electrons. The van der Waals surface area contributed by atoms with Crippen LogP contribution in [0.25, 0.3) is 33.8 Å². The third-order valence-corrected chi connectivity index (χ3v) is 8.27. The van der Waals surface area contributed by atoms with E-state index < -0.39 is 12.5 Å². The molecule has 13 nitrogen and oxygen atoms in total. The summed E-state index contributed by atoms with van der Waals surface area (Å²) >= 11 is 0. The number of amides is 1. The predicted octanol–water partition coefficient (Wildman–Crippen LogP) is 5.34. The van der Waals surface area contributed by atoms with E-state index >= 15 is 0 Å². The number of tetrazole rings is 1. The third kappa shape index (κ3) is 6.38. The van der Waals surface area contributed by atoms with Gasteiger partial charge in [0, 0.05) is 43.5 Å². The zero-order valence-electron chi connectivity index (χ0n) is 25.7. The molecule has 1 aliphatic rings. The van der Waals surface area contributed by atoms with Gasteiger partial charge in [0.1, 0.15) is 17.3 Å². The van der Waals surface area contributed by atoms with Crippen molar-refractivity contribution in [3.8, 4) is 22.7 Å². The Balaban J connectivity index is 1.05. The lowest BCUT2D eigenvalue weighted by atomic mass is 9.85. The average molecular weight is 654 g/mol. The number of piperidine rings is 1. The Hall–Kier alpha value is -5.86. The molecule has 7 rings (SSSR count). The van der Waals surface area contributed by atoms with Crippen molar-refractivity contribution in [3.63, 3.8) is 0 Å². The smallest absolute Gasteiger partial charge is 0.319 e. The van der Waals surface area contributed by atoms with E-state index in [1.54, 1.807) is 46.2 Å². The number of carbonyl (C=O) groups excluding carboxylic acids is 2. The van der Waals surface area contributed by atoms with Gasteiger partial charge in [-0.15, -0.1) is 10.2 Å². The number of fused-ring (bicyclic) bond motifs is 1. The van der Waals surface area contributed by atoms with Gasteiger partial charge in [-0.2, -0.15) is 13.6 Å². The molecular weight excluding hydrogens is 624 g/mol. The number of imidazole rings is 1. The van der Waals surface area contributed by atoms with Crippen LogP contribution in [0.4, 0.5) is 8.78 Å². The molecule has 1 fully saturated rings. The first-order valence-electron chi connectivity index (χ1n) is 15.3. The van der Waals surface area contributed by atoms with Crippen LogP contribution in [0.15, 0.2) is 83.8 Å². The van der Waals surface area contributed by atoms with Gasteiger partial charge in [0.15, 0.2) is 12.2 Å². The molecule has 1 amide bonds. The number of esters is 1. The lowest BCUT2D eigenvalue weighted by Crippen LogP contribution is -2.41. The number of likely N-dealkylation sites (tertiary alicyclic amines) is 1. The van der Waals surface area contributed by atoms with E-state index in [1.165, 1.54) is 13.1 Å². The first-order chi connectivity index (χ1) is 23.3. The van der Waals surface area contributed by atoms with E-state index in [0.717, 1.165) is 16.5 Å². The van der Waals surface area contributed by atoms with Crippen LogP contribution in [0.5, 0.6) is 0 Å². The van der Waals surface area contributed by atoms with Crippen LogP contribution in [0.3, 0.4) is 0 Å². The predicted molar refractivity (Wildman–Crippen MR) is 166 cm³/mol. The van der Waals surface area contributed by atoms with Gasteiger partial charge in [0.25, 0.3) is 5.91 Å². The van der Waals surface area contributed by atoms with Gasteiger partial charge in [0.2, 0.25) is 11.7 Å². The number of alkyl halides is 2. The quantitative estimate of drug-likeness (QED) is 0.187. The molecule has 2 aromatic carbocycles. The number of ether oxygens (including phenoxy) is 1. The normalized spacial score (nSPS) is 14.5. The summed E-state index contributed by atoms with van der Waals surface area (Å²) in [6.45, 7) is -0.413. The average Bonchev–Trinajstić information content (AvgIpc) is 3.88. The molecule has 0 aliphatic carbocycles. The van der Waals surface area contributed by atoms with Gasteiger partial charge in [-0.1, -0.05) is 30.3 Å². The zero-order valence-corrected chi connectivity index (χ0v) is 25.7. The fraction of sp³-hybridized carbons (Fsp3) is 0.273. The van der Waals surface area contributed by atoms with Crippen LogP contribution in [0.2, 0.25) is 0 Å². The Morgan fingerprint density at radius 2 is 1.83 bits per heavy atom. The molecule has 1 aliphatic heterocycles. The number of benzene rings is 2. The van der Waals surface area contributed by atoms with E-state index in [9.17, 15) is 18.4 Å². The third-order valence-electron chi connectivity index (χ3n) is 8.27. The summed E-state index contributed by atoms with van der Waals surface area (Å²) < 4.78 is 37.8. The van der Waals surface area contributed by atoms with Crippen LogP contribution in [-0.4, -0.2) is 69.6 Å². The largest absolute Gasteiger partial charge is 0.457 e. The number of pyridine rings is 1. The zero-order chi connectivity index (χ0) is 33.2. The molecule has 4 aromatic heterocycles. The number of aromatic nitrogens is 8. The van der Waals surface area contributed by atoms with Crippen molar-refractivity contribution in [3.05, 3.63) is 96.5 Å². The first-order valence-corrected chi connectivity index (χ1v) is 15.3. The second-order valence-electron chi connectivity index (χ2n) is 11.4. The summed E-state index contributed by atoms with van der Waals surface area (Å²) in [4.78, 5) is 41.2. The first kappa shape index (κ1) is 30.8. The number of hydrogen-bond acceptors (Lipinski definition) is 10. The van der Waals surface area contributed by atoms with Crippen molar-refractivity contribution in [2.75, 3.05) is 13.1 Å². The molecule has 0 bridgehead atoms. The van der Waals surface area contributed by atoms with Gasteiger partial charge >= 0.3 is 12.5 Å². The van der Waals surface area contributed by atoms with Gasteiger partial charge in [-0.05, 0) is 59.9 Å². The minimum Gasteiger partial charge on any atom is -0.457 e. The number of carbonyl (C=O) groups is 2. The lowest BCUT2D eigenvalue weighted by molar-refractivity contribution is -0.142. The summed E-state index contributed by atoms with van der Waals surface area (Å²) in [7, 11) is 0. The highest BCUT2D eigenvalue weighted by Crippen LogP contribution is 2.34. The van der Waals surface area contributed by atoms with E-state index in [1.807, 2.05) is 30.3 Å². The van der Waals surface area contributed by atoms with Gasteiger partial charge in [-0.3, -0.25) is 19.1 Å². The summed E-state index contributed by atoms with van der Waals surface area (Å²) in [6, 6.07) is 18.2. The molecule has 48 heavy (non-hydrogen) atoms. The molecule has 5 heterocycles. The topological polar surface area (TPSA) is 147 Å². The number of oxazole rings is 1. The Morgan fingerprint density at radius 1 is 1.02 bits per heavy atom. The van der Waals surface area contributed by atoms with Crippen LogP contribution < -0.4 is 0 Å². The molecular formula is C33H29F2N9O4. The van der Waals surface area contributed by atoms with E-state index in [2.05, 4.69) is 30.4 Å². The monoisotopic (exact) mass is 653 g/mol. The Bertz CT molecular complexity index is 2070. The molecule has 0 N–H and O–H groups in total. The maximum Gasteiger partial charge on any atom is 0.319 e. The summed E-state index contributed by atoms with van der Waals surface area (Å²) in [5.74, 6) is 0.0917. The molecule has 15 heteroatoms. The summed E-state index contributed by atoms with van der Waals surface area (Å²) in [5.41, 5.74) is 3.89. The maximum atomic E-state index is 13.6. The molecule has 1 atom stereocenters. The van der Waals surface area contributed by atoms with E-state index in [-0.39, 0.29) is 30.2 Å². The van der Waals surface area contributed by atoms with Crippen molar-refractivity contribution in [1.82, 2.24) is 44.6 Å². The minimum atomic E-state index is -2.68. The molecule has 1 unspecified atom stereocenters. The van der Waals surface area contributed by atoms with Crippen molar-refractivity contribution >= 4 is 23.0 Å². The summed E-state index contributed by atoms with van der Waals surface area (Å²) in [6.07, 6.45) is 5.27. The fourth-order valence-electron chi connectivity index (χ4n) is 5.91. The standard InChI is InChI=1S/C33H29F2N9O4/c1-20(45)47-18-29-39-41-44(40-29)30(21-5-3-2-4-6-21)22-10-13-42(14-11-22)32(46)26-16-24(9-12-36-26)31-38-25-15-23(7-8-28(25)48-31)27-17-43(19-37-27)33(34)35/h2-9,12,15-17,19,22,30,33H,10-11,13-14,18H2,1H3. The van der Waals surface area contributed by atoms with Gasteiger partial charge in [0.05, 0.1) is 12.0 Å². The molecule has 0 saturated carbocycles. The van der Waals surface area contributed by atoms with Crippen LogP contribution in [-0.2, 0) is 16.1 Å². The van der Waals surface area contributed by atoms with Gasteiger partial charge < -0.3 is 14.1 Å². The molecule has 0 radical (unpaired) electrons. The highest BCUT2D eigenvalue weighted by molar-refractivity contribution is 5.93. The highest BCUT2D eigenvalue weighted by Gasteiger charge is 2.33. The van der Waals surface area contributed by atoms with Crippen molar-refractivity contribution in [2.24, 2.45) is 5.92 Å². The fourth-order valence-corrected chi connectivity index (χ4v) is 5.91. The Morgan fingerprint density at radius 3 is 2.58 bits per heavy atom. The lowest BCUT2D eigenvalue weighted by Gasteiger charge is -2.35. The van der Waals surface area contributed by atoms with E-state index in [4.69, 9.17) is 9.15 Å². The number of hydrogen-bond donors (Lipinski definition) is 0. The SMILES string of the molecule is CC(=O)OCc1nnn(C(c2ccccc2)C2CCN(C(=O)c3cc(-c4nc5cc(-c6cn(C(F)F)cn6)ccc5o4)ccn3)CC2)n1. The van der Waals surface area contributed by atoms with Crippen molar-refractivity contribution in [2.45, 2.75) is 39.0 Å². The Labute approximate surface area is 272 Å². The summed E-state index contributed by atoms with van der Waals surface area (Å²) in [5, 5.41) is 12.8. The van der Waals surface area contributed by atoms with Crippen molar-refractivity contribution < 1.29 is 27.5 Å². The maximum absolute atomic E-state index is 13.6. The number of nitrogens with zero attached hydrogens (tertiary/aromatic N) is 9. The second-order valence-corrected chi connectivity index (χ2v) is 11.4. The van der Waals surface area contributed by atoms with Crippen LogP contribution >= 0.6 is 0 Å². The minimum absolute atomic E-state index is 0.0593. The molecule has 6 aromatic rings. The van der Waals surface area contributed by atoms with Gasteiger partial charge in [-0.25, -0.2) is 9.97 Å². The number of halogens is 2.